The quantitative estimate of drug-likeness (QED) is 0.547. The van der Waals surface area contributed by atoms with Crippen molar-refractivity contribution in [3.63, 3.8) is 0 Å². The van der Waals surface area contributed by atoms with Gasteiger partial charge in [-0.2, -0.15) is 0 Å². The predicted molar refractivity (Wildman–Crippen MR) is 49.9 cm³/mol. The maximum Gasteiger partial charge on any atom is 0.213 e. The van der Waals surface area contributed by atoms with Crippen LogP contribution in [0.25, 0.3) is 0 Å². The Hall–Kier alpha value is -1.71. The molecule has 0 aliphatic heterocycles. The van der Waals surface area contributed by atoms with Crippen molar-refractivity contribution in [2.24, 2.45) is 0 Å². The fraction of sp³-hybridized carbons (Fsp3) is 0.200. The van der Waals surface area contributed by atoms with Gasteiger partial charge < -0.3 is 4.74 Å². The first-order valence-corrected chi connectivity index (χ1v) is 3.96. The number of Topliss-reactive ketones (excluding diaryl/α,β-unsaturated/α-hetero) is 1. The Bertz CT molecular complexity index is 388. The van der Waals surface area contributed by atoms with Gasteiger partial charge in [-0.05, 0) is 12.5 Å². The van der Waals surface area contributed by atoms with Crippen molar-refractivity contribution in [2.45, 2.75) is 6.92 Å². The maximum atomic E-state index is 13.1. The number of pyridine rings is 1. The van der Waals surface area contributed by atoms with Gasteiger partial charge in [-0.1, -0.05) is 6.58 Å². The Balaban J connectivity index is 3.19. The van der Waals surface area contributed by atoms with E-state index in [2.05, 4.69) is 11.6 Å². The van der Waals surface area contributed by atoms with Gasteiger partial charge in [0.1, 0.15) is 0 Å². The van der Waals surface area contributed by atoms with Crippen LogP contribution in [0.15, 0.2) is 24.4 Å². The fourth-order valence-corrected chi connectivity index (χ4v) is 0.935. The van der Waals surface area contributed by atoms with Gasteiger partial charge in [0, 0.05) is 6.07 Å². The van der Waals surface area contributed by atoms with Gasteiger partial charge in [0.25, 0.3) is 0 Å². The van der Waals surface area contributed by atoms with Gasteiger partial charge in [-0.3, -0.25) is 4.79 Å². The van der Waals surface area contributed by atoms with Crippen molar-refractivity contribution < 1.29 is 13.9 Å². The second kappa shape index (κ2) is 4.00. The third-order valence-corrected chi connectivity index (χ3v) is 1.67. The monoisotopic (exact) mass is 195 g/mol. The van der Waals surface area contributed by atoms with Crippen LogP contribution in [0.4, 0.5) is 4.39 Å². The first-order valence-electron chi connectivity index (χ1n) is 3.96. The van der Waals surface area contributed by atoms with Gasteiger partial charge in [-0.25, -0.2) is 9.37 Å². The molecule has 0 aromatic carbocycles. The van der Waals surface area contributed by atoms with Crippen molar-refractivity contribution >= 4 is 5.78 Å². The summed E-state index contributed by atoms with van der Waals surface area (Å²) in [6.07, 6.45) is 0.953. The number of aromatic nitrogens is 1. The number of allylic oxidation sites excluding steroid dienone is 1. The van der Waals surface area contributed by atoms with E-state index in [0.29, 0.717) is 0 Å². The Morgan fingerprint density at radius 1 is 1.64 bits per heavy atom. The molecular weight excluding hydrogens is 185 g/mol. The summed E-state index contributed by atoms with van der Waals surface area (Å²) in [4.78, 5) is 15.0. The molecule has 4 heteroatoms. The van der Waals surface area contributed by atoms with E-state index < -0.39 is 11.6 Å². The van der Waals surface area contributed by atoms with Gasteiger partial charge in [0.2, 0.25) is 5.88 Å². The SMILES string of the molecule is C=C(C)C(=O)c1cc(OC)ncc1F. The zero-order chi connectivity index (χ0) is 10.7. The predicted octanol–water partition coefficient (Wildman–Crippen LogP) is 1.99. The van der Waals surface area contributed by atoms with E-state index in [9.17, 15) is 9.18 Å². The average molecular weight is 195 g/mol. The molecule has 0 N–H and O–H groups in total. The minimum absolute atomic E-state index is 0.0654. The molecule has 14 heavy (non-hydrogen) atoms. The molecule has 3 nitrogen and oxygen atoms in total. The first-order chi connectivity index (χ1) is 6.56. The highest BCUT2D eigenvalue weighted by Crippen LogP contribution is 2.15. The molecule has 0 atom stereocenters. The van der Waals surface area contributed by atoms with Crippen LogP contribution in [-0.4, -0.2) is 17.9 Å². The number of nitrogens with zero attached hydrogens (tertiary/aromatic N) is 1. The molecule has 0 unspecified atom stereocenters. The van der Waals surface area contributed by atoms with E-state index in [0.717, 1.165) is 6.20 Å². The van der Waals surface area contributed by atoms with Gasteiger partial charge in [-0.15, -0.1) is 0 Å². The number of ether oxygens (including phenoxy) is 1. The summed E-state index contributed by atoms with van der Waals surface area (Å²) < 4.78 is 17.9. The number of ketones is 1. The summed E-state index contributed by atoms with van der Waals surface area (Å²) in [5.41, 5.74) is 0.210. The highest BCUT2D eigenvalue weighted by molar-refractivity contribution is 6.08. The summed E-state index contributed by atoms with van der Waals surface area (Å²) in [6.45, 7) is 4.97. The molecule has 1 aromatic heterocycles. The van der Waals surface area contributed by atoms with E-state index in [4.69, 9.17) is 4.74 Å². The number of methoxy groups -OCH3 is 1. The lowest BCUT2D eigenvalue weighted by molar-refractivity contribution is 0.103. The number of hydrogen-bond acceptors (Lipinski definition) is 3. The molecule has 1 heterocycles. The van der Waals surface area contributed by atoms with Crippen LogP contribution in [0.3, 0.4) is 0 Å². The van der Waals surface area contributed by atoms with Crippen LogP contribution >= 0.6 is 0 Å². The average Bonchev–Trinajstić information content (AvgIpc) is 2.17. The molecule has 0 saturated heterocycles. The minimum Gasteiger partial charge on any atom is -0.481 e. The zero-order valence-electron chi connectivity index (χ0n) is 8.00. The van der Waals surface area contributed by atoms with Crippen LogP contribution < -0.4 is 4.74 Å². The van der Waals surface area contributed by atoms with Crippen LogP contribution in [0.2, 0.25) is 0 Å². The first kappa shape index (κ1) is 10.4. The zero-order valence-corrected chi connectivity index (χ0v) is 8.00. The molecule has 0 aliphatic rings. The standard InChI is InChI=1S/C10H10FNO2/c1-6(2)10(13)7-4-9(14-3)12-5-8(7)11/h4-5H,1H2,2-3H3. The Morgan fingerprint density at radius 3 is 2.79 bits per heavy atom. The Morgan fingerprint density at radius 2 is 2.29 bits per heavy atom. The Kier molecular flexibility index (Phi) is 2.96. The van der Waals surface area contributed by atoms with Crippen molar-refractivity contribution in [1.82, 2.24) is 4.98 Å². The van der Waals surface area contributed by atoms with Crippen LogP contribution in [0, 0.1) is 5.82 Å². The summed E-state index contributed by atoms with van der Waals surface area (Å²) in [5, 5.41) is 0. The van der Waals surface area contributed by atoms with Crippen molar-refractivity contribution in [3.05, 3.63) is 35.8 Å². The Labute approximate surface area is 81.2 Å². The number of halogens is 1. The molecule has 0 radical (unpaired) electrons. The molecule has 0 spiro atoms. The van der Waals surface area contributed by atoms with E-state index in [-0.39, 0.29) is 17.0 Å². The van der Waals surface area contributed by atoms with E-state index in [1.807, 2.05) is 0 Å². The molecule has 0 saturated carbocycles. The van der Waals surface area contributed by atoms with E-state index in [1.54, 1.807) is 0 Å². The third-order valence-electron chi connectivity index (χ3n) is 1.67. The number of hydrogen-bond donors (Lipinski definition) is 0. The van der Waals surface area contributed by atoms with Crippen LogP contribution in [0.1, 0.15) is 17.3 Å². The highest BCUT2D eigenvalue weighted by Gasteiger charge is 2.13. The lowest BCUT2D eigenvalue weighted by Gasteiger charge is -2.03. The summed E-state index contributed by atoms with van der Waals surface area (Å²) in [7, 11) is 1.40. The second-order valence-corrected chi connectivity index (χ2v) is 2.82. The van der Waals surface area contributed by atoms with Gasteiger partial charge in [0.05, 0.1) is 18.9 Å². The largest absolute Gasteiger partial charge is 0.481 e. The molecule has 0 fully saturated rings. The number of carbonyl (C=O) groups is 1. The van der Waals surface area contributed by atoms with Crippen LogP contribution in [-0.2, 0) is 0 Å². The molecule has 74 valence electrons. The van der Waals surface area contributed by atoms with Crippen molar-refractivity contribution in [2.75, 3.05) is 7.11 Å². The second-order valence-electron chi connectivity index (χ2n) is 2.82. The maximum absolute atomic E-state index is 13.1. The molecule has 0 bridgehead atoms. The molecule has 1 aromatic rings. The summed E-state index contributed by atoms with van der Waals surface area (Å²) in [5.74, 6) is -0.905. The normalized spacial score (nSPS) is 9.64. The van der Waals surface area contributed by atoms with E-state index >= 15 is 0 Å². The molecular formula is C10H10FNO2. The van der Waals surface area contributed by atoms with Crippen LogP contribution in [0.5, 0.6) is 5.88 Å². The van der Waals surface area contributed by atoms with Crippen molar-refractivity contribution in [1.29, 1.82) is 0 Å². The fourth-order valence-electron chi connectivity index (χ4n) is 0.935. The smallest absolute Gasteiger partial charge is 0.213 e. The van der Waals surface area contributed by atoms with Gasteiger partial charge in [0.15, 0.2) is 11.6 Å². The lowest BCUT2D eigenvalue weighted by atomic mass is 10.1. The van der Waals surface area contributed by atoms with Gasteiger partial charge >= 0.3 is 0 Å². The number of carbonyl (C=O) groups excluding carboxylic acids is 1. The molecule has 0 aliphatic carbocycles. The summed E-state index contributed by atoms with van der Waals surface area (Å²) >= 11 is 0. The number of rotatable bonds is 3. The van der Waals surface area contributed by atoms with Crippen molar-refractivity contribution in [3.8, 4) is 5.88 Å². The van der Waals surface area contributed by atoms with E-state index in [1.165, 1.54) is 20.1 Å². The lowest BCUT2D eigenvalue weighted by Crippen LogP contribution is -2.04. The third kappa shape index (κ3) is 1.96. The molecule has 1 rings (SSSR count). The summed E-state index contributed by atoms with van der Waals surface area (Å²) in [6, 6.07) is 1.26. The molecule has 0 amide bonds. The minimum atomic E-state index is -0.668. The topological polar surface area (TPSA) is 39.2 Å². The highest BCUT2D eigenvalue weighted by atomic mass is 19.1.